The Balaban J connectivity index is 0.000000450. The molecule has 0 bridgehead atoms. The van der Waals surface area contributed by atoms with Crippen LogP contribution in [0.4, 0.5) is 5.69 Å². The van der Waals surface area contributed by atoms with E-state index in [-0.39, 0.29) is 5.78 Å². The number of aromatic nitrogens is 1. The molecule has 3 nitrogen and oxygen atoms in total. The molecule has 0 aliphatic carbocycles. The molecule has 0 aliphatic rings. The van der Waals surface area contributed by atoms with E-state index in [2.05, 4.69) is 62.3 Å². The molecule has 1 aromatic heterocycles. The van der Waals surface area contributed by atoms with Gasteiger partial charge in [0.25, 0.3) is 0 Å². The van der Waals surface area contributed by atoms with Crippen LogP contribution in [0.1, 0.15) is 69.1 Å². The predicted octanol–water partition coefficient (Wildman–Crippen LogP) is 5.90. The minimum atomic E-state index is -0.00449. The first kappa shape index (κ1) is 20.9. The Hall–Kier alpha value is -2.16. The fourth-order valence-corrected chi connectivity index (χ4v) is 2.13. The third-order valence-corrected chi connectivity index (χ3v) is 4.41. The molecule has 0 saturated heterocycles. The summed E-state index contributed by atoms with van der Waals surface area (Å²) in [6.07, 6.45) is 5.44. The summed E-state index contributed by atoms with van der Waals surface area (Å²) in [4.78, 5) is 15.3. The zero-order valence-electron chi connectivity index (χ0n) is 16.3. The maximum absolute atomic E-state index is 11.1. The Morgan fingerprint density at radius 3 is 2.28 bits per heavy atom. The van der Waals surface area contributed by atoms with Crippen molar-refractivity contribution in [2.45, 2.75) is 60.4 Å². The third-order valence-electron chi connectivity index (χ3n) is 4.41. The van der Waals surface area contributed by atoms with Gasteiger partial charge >= 0.3 is 0 Å². The van der Waals surface area contributed by atoms with Gasteiger partial charge in [-0.05, 0) is 41.7 Å². The zero-order valence-corrected chi connectivity index (χ0v) is 16.3. The Kier molecular flexibility index (Phi) is 9.53. The van der Waals surface area contributed by atoms with Crippen molar-refractivity contribution in [2.24, 2.45) is 5.92 Å². The van der Waals surface area contributed by atoms with Crippen molar-refractivity contribution in [3.8, 4) is 0 Å². The summed E-state index contributed by atoms with van der Waals surface area (Å²) in [6.45, 7) is 11.1. The summed E-state index contributed by atoms with van der Waals surface area (Å²) in [5.41, 5.74) is 3.99. The van der Waals surface area contributed by atoms with E-state index < -0.39 is 0 Å². The van der Waals surface area contributed by atoms with Crippen LogP contribution in [0.5, 0.6) is 0 Å². The number of carbonyl (C=O) groups is 1. The molecule has 25 heavy (non-hydrogen) atoms. The van der Waals surface area contributed by atoms with E-state index in [4.69, 9.17) is 0 Å². The van der Waals surface area contributed by atoms with Gasteiger partial charge < -0.3 is 5.32 Å². The number of nitrogens with zero attached hydrogens (tertiary/aromatic N) is 1. The Labute approximate surface area is 152 Å². The molecule has 0 radical (unpaired) electrons. The molecule has 0 unspecified atom stereocenters. The summed E-state index contributed by atoms with van der Waals surface area (Å²) in [6, 6.07) is 12.1. The minimum absolute atomic E-state index is 0.00449. The number of aryl methyl sites for hydroxylation is 1. The molecule has 3 heteroatoms. The van der Waals surface area contributed by atoms with E-state index in [1.807, 2.05) is 6.07 Å². The molecule has 1 heterocycles. The minimum Gasteiger partial charge on any atom is -0.381 e. The highest BCUT2D eigenvalue weighted by Crippen LogP contribution is 2.12. The van der Waals surface area contributed by atoms with E-state index in [0.29, 0.717) is 12.2 Å². The van der Waals surface area contributed by atoms with Crippen LogP contribution in [0.15, 0.2) is 42.6 Å². The number of anilines is 1. The Morgan fingerprint density at radius 2 is 1.80 bits per heavy atom. The van der Waals surface area contributed by atoms with Gasteiger partial charge in [0.1, 0.15) is 5.69 Å². The summed E-state index contributed by atoms with van der Waals surface area (Å²) in [5.74, 6) is 0.931. The van der Waals surface area contributed by atoms with Crippen LogP contribution in [0.3, 0.4) is 0 Å². The van der Waals surface area contributed by atoms with Crippen molar-refractivity contribution in [3.63, 3.8) is 0 Å². The summed E-state index contributed by atoms with van der Waals surface area (Å²) in [5, 5.41) is 3.36. The number of hydrogen-bond acceptors (Lipinski definition) is 3. The van der Waals surface area contributed by atoms with E-state index in [9.17, 15) is 4.79 Å². The second-order valence-electron chi connectivity index (χ2n) is 6.44. The first-order chi connectivity index (χ1) is 12.0. The molecule has 0 saturated carbocycles. The van der Waals surface area contributed by atoms with Crippen molar-refractivity contribution in [2.75, 3.05) is 5.32 Å². The number of ketones is 1. The average Bonchev–Trinajstić information content (AvgIpc) is 2.66. The fourth-order valence-electron chi connectivity index (χ4n) is 2.13. The molecular weight excluding hydrogens is 308 g/mol. The second-order valence-corrected chi connectivity index (χ2v) is 6.44. The van der Waals surface area contributed by atoms with Gasteiger partial charge in [-0.2, -0.15) is 0 Å². The lowest BCUT2D eigenvalue weighted by Crippen LogP contribution is -2.02. The highest BCUT2D eigenvalue weighted by atomic mass is 16.1. The SMILES string of the molecule is CCC(C)CC.CCc1cccc(NCc2ccc(C(C)=O)nc2)c1. The maximum Gasteiger partial charge on any atom is 0.178 e. The largest absolute Gasteiger partial charge is 0.381 e. The standard InChI is InChI=1S/C16H18N2O.C6H14/c1-3-13-5-4-6-15(9-13)17-10-14-7-8-16(12(2)19)18-11-14;1-4-6(3)5-2/h4-9,11,17H,3,10H2,1-2H3;6H,4-5H2,1-3H3. The second kappa shape index (κ2) is 11.4. The number of hydrogen-bond donors (Lipinski definition) is 1. The van der Waals surface area contributed by atoms with Gasteiger partial charge in [-0.15, -0.1) is 0 Å². The number of pyridine rings is 1. The maximum atomic E-state index is 11.1. The van der Waals surface area contributed by atoms with Gasteiger partial charge in [0.2, 0.25) is 0 Å². The van der Waals surface area contributed by atoms with Crippen LogP contribution >= 0.6 is 0 Å². The van der Waals surface area contributed by atoms with Gasteiger partial charge in [0.05, 0.1) is 0 Å². The van der Waals surface area contributed by atoms with Crippen molar-refractivity contribution >= 4 is 11.5 Å². The molecule has 0 spiro atoms. The molecule has 0 atom stereocenters. The molecular formula is C22H32N2O. The predicted molar refractivity (Wildman–Crippen MR) is 107 cm³/mol. The third kappa shape index (κ3) is 7.97. The van der Waals surface area contributed by atoms with E-state index in [0.717, 1.165) is 23.6 Å². The number of benzene rings is 1. The van der Waals surface area contributed by atoms with E-state index >= 15 is 0 Å². The van der Waals surface area contributed by atoms with Crippen LogP contribution in [0.25, 0.3) is 0 Å². The Bertz CT molecular complexity index is 631. The quantitative estimate of drug-likeness (QED) is 0.638. The van der Waals surface area contributed by atoms with Crippen molar-refractivity contribution in [1.82, 2.24) is 4.98 Å². The van der Waals surface area contributed by atoms with Crippen molar-refractivity contribution < 1.29 is 4.79 Å². The highest BCUT2D eigenvalue weighted by molar-refractivity contribution is 5.91. The van der Waals surface area contributed by atoms with E-state index in [1.54, 1.807) is 12.3 Å². The van der Waals surface area contributed by atoms with Crippen molar-refractivity contribution in [3.05, 3.63) is 59.4 Å². The number of nitrogens with one attached hydrogen (secondary N) is 1. The Morgan fingerprint density at radius 1 is 1.08 bits per heavy atom. The normalized spacial score (nSPS) is 10.2. The van der Waals surface area contributed by atoms with Crippen LogP contribution in [0.2, 0.25) is 0 Å². The highest BCUT2D eigenvalue weighted by Gasteiger charge is 2.01. The van der Waals surface area contributed by atoms with Gasteiger partial charge in [0.15, 0.2) is 5.78 Å². The van der Waals surface area contributed by atoms with E-state index in [1.165, 1.54) is 25.3 Å². The van der Waals surface area contributed by atoms with Crippen LogP contribution < -0.4 is 5.32 Å². The molecule has 1 N–H and O–H groups in total. The first-order valence-corrected chi connectivity index (χ1v) is 9.28. The summed E-state index contributed by atoms with van der Waals surface area (Å²) in [7, 11) is 0. The molecule has 0 fully saturated rings. The van der Waals surface area contributed by atoms with Crippen LogP contribution in [0, 0.1) is 5.92 Å². The summed E-state index contributed by atoms with van der Waals surface area (Å²) < 4.78 is 0. The van der Waals surface area contributed by atoms with Crippen LogP contribution in [-0.4, -0.2) is 10.8 Å². The van der Waals surface area contributed by atoms with Gasteiger partial charge in [-0.3, -0.25) is 9.78 Å². The average molecular weight is 341 g/mol. The van der Waals surface area contributed by atoms with Gasteiger partial charge in [-0.25, -0.2) is 0 Å². The number of rotatable bonds is 7. The first-order valence-electron chi connectivity index (χ1n) is 9.28. The molecule has 0 amide bonds. The lowest BCUT2D eigenvalue weighted by Gasteiger charge is -2.08. The lowest BCUT2D eigenvalue weighted by atomic mass is 10.1. The zero-order chi connectivity index (χ0) is 18.7. The number of carbonyl (C=O) groups excluding carboxylic acids is 1. The van der Waals surface area contributed by atoms with Gasteiger partial charge in [0, 0.05) is 25.4 Å². The molecule has 2 rings (SSSR count). The number of Topliss-reactive ketones (excluding diaryl/α,β-unsaturated/α-hetero) is 1. The molecule has 1 aromatic carbocycles. The monoisotopic (exact) mass is 340 g/mol. The topological polar surface area (TPSA) is 42.0 Å². The lowest BCUT2D eigenvalue weighted by molar-refractivity contribution is 0.101. The van der Waals surface area contributed by atoms with Crippen LogP contribution in [-0.2, 0) is 13.0 Å². The van der Waals surface area contributed by atoms with Crippen molar-refractivity contribution in [1.29, 1.82) is 0 Å². The smallest absolute Gasteiger partial charge is 0.178 e. The molecule has 0 aliphatic heterocycles. The summed E-state index contributed by atoms with van der Waals surface area (Å²) >= 11 is 0. The molecule has 136 valence electrons. The fraction of sp³-hybridized carbons (Fsp3) is 0.455. The molecule has 2 aromatic rings. The van der Waals surface area contributed by atoms with Gasteiger partial charge in [-0.1, -0.05) is 58.7 Å².